The number of nitrogens with one attached hydrogen (secondary N) is 1. The summed E-state index contributed by atoms with van der Waals surface area (Å²) in [4.78, 5) is 16.6. The predicted octanol–water partition coefficient (Wildman–Crippen LogP) is 4.22. The number of hydrogen-bond donors (Lipinski definition) is 1. The molecule has 0 atom stereocenters. The third-order valence-electron chi connectivity index (χ3n) is 3.44. The van der Waals surface area contributed by atoms with E-state index in [2.05, 4.69) is 31.4 Å². The largest absolute Gasteiger partial charge is 0.491 e. The van der Waals surface area contributed by atoms with Gasteiger partial charge in [0.15, 0.2) is 0 Å². The van der Waals surface area contributed by atoms with E-state index in [0.717, 1.165) is 10.0 Å². The maximum atomic E-state index is 12.3. The van der Waals surface area contributed by atoms with Crippen LogP contribution in [0.5, 0.6) is 5.75 Å². The highest BCUT2D eigenvalue weighted by molar-refractivity contribution is 9.10. The summed E-state index contributed by atoms with van der Waals surface area (Å²) in [5.74, 6) is 1.24. The first-order valence-electron chi connectivity index (χ1n) is 8.14. The molecule has 1 amide bonds. The molecule has 0 radical (unpaired) electrons. The van der Waals surface area contributed by atoms with Crippen LogP contribution in [0.25, 0.3) is 11.4 Å². The fourth-order valence-corrected chi connectivity index (χ4v) is 2.55. The van der Waals surface area contributed by atoms with Crippen molar-refractivity contribution in [2.24, 2.45) is 0 Å². The van der Waals surface area contributed by atoms with E-state index in [0.29, 0.717) is 23.0 Å². The van der Waals surface area contributed by atoms with Crippen LogP contribution in [-0.2, 0) is 6.54 Å². The molecule has 1 aromatic heterocycles. The lowest BCUT2D eigenvalue weighted by Crippen LogP contribution is -2.23. The van der Waals surface area contributed by atoms with E-state index in [9.17, 15) is 4.79 Å². The van der Waals surface area contributed by atoms with Crippen molar-refractivity contribution in [1.82, 2.24) is 15.5 Å². The summed E-state index contributed by atoms with van der Waals surface area (Å²) in [6.07, 6.45) is 0.0451. The molecule has 6 nitrogen and oxygen atoms in total. The summed E-state index contributed by atoms with van der Waals surface area (Å²) < 4.78 is 11.8. The number of amides is 1. The zero-order chi connectivity index (χ0) is 18.5. The first-order chi connectivity index (χ1) is 12.5. The van der Waals surface area contributed by atoms with Crippen molar-refractivity contribution in [3.63, 3.8) is 0 Å². The molecule has 0 bridgehead atoms. The topological polar surface area (TPSA) is 77.2 Å². The summed E-state index contributed by atoms with van der Waals surface area (Å²) in [6.45, 7) is 4.02. The molecule has 1 heterocycles. The highest BCUT2D eigenvalue weighted by Crippen LogP contribution is 2.19. The molecule has 0 aliphatic carbocycles. The van der Waals surface area contributed by atoms with E-state index < -0.39 is 0 Å². The lowest BCUT2D eigenvalue weighted by atomic mass is 10.2. The quantitative estimate of drug-likeness (QED) is 0.651. The third kappa shape index (κ3) is 4.70. The number of rotatable bonds is 6. The standard InChI is InChI=1S/C19H18BrN3O3/c1-12(2)25-16-5-3-4-14(10-16)19(24)21-11-17-22-18(23-26-17)13-6-8-15(20)9-7-13/h3-10,12H,11H2,1-2H3,(H,21,24). The monoisotopic (exact) mass is 415 g/mol. The summed E-state index contributed by atoms with van der Waals surface area (Å²) in [5, 5.41) is 6.71. The molecule has 3 aromatic rings. The van der Waals surface area contributed by atoms with Gasteiger partial charge in [0.1, 0.15) is 5.75 Å². The molecule has 0 aliphatic heterocycles. The Morgan fingerprint density at radius 3 is 2.73 bits per heavy atom. The predicted molar refractivity (Wildman–Crippen MR) is 101 cm³/mol. The van der Waals surface area contributed by atoms with Crippen LogP contribution >= 0.6 is 15.9 Å². The van der Waals surface area contributed by atoms with E-state index in [1.165, 1.54) is 0 Å². The number of ether oxygens (including phenoxy) is 1. The van der Waals surface area contributed by atoms with Gasteiger partial charge in [-0.1, -0.05) is 27.2 Å². The molecule has 26 heavy (non-hydrogen) atoms. The number of benzene rings is 2. The van der Waals surface area contributed by atoms with E-state index in [-0.39, 0.29) is 18.6 Å². The average molecular weight is 416 g/mol. The van der Waals surface area contributed by atoms with Gasteiger partial charge < -0.3 is 14.6 Å². The van der Waals surface area contributed by atoms with Crippen molar-refractivity contribution < 1.29 is 14.1 Å². The van der Waals surface area contributed by atoms with Crippen molar-refractivity contribution >= 4 is 21.8 Å². The molecule has 0 unspecified atom stereocenters. The number of aromatic nitrogens is 2. The van der Waals surface area contributed by atoms with Gasteiger partial charge in [-0.05, 0) is 56.3 Å². The minimum atomic E-state index is -0.234. The molecule has 7 heteroatoms. The van der Waals surface area contributed by atoms with Crippen LogP contribution in [0.15, 0.2) is 57.5 Å². The van der Waals surface area contributed by atoms with Crippen molar-refractivity contribution in [3.05, 3.63) is 64.5 Å². The molecule has 3 rings (SSSR count). The van der Waals surface area contributed by atoms with Gasteiger partial charge in [0, 0.05) is 15.6 Å². The lowest BCUT2D eigenvalue weighted by Gasteiger charge is -2.10. The van der Waals surface area contributed by atoms with Crippen molar-refractivity contribution in [2.45, 2.75) is 26.5 Å². The van der Waals surface area contributed by atoms with Gasteiger partial charge in [0.2, 0.25) is 11.7 Å². The number of hydrogen-bond acceptors (Lipinski definition) is 5. The molecule has 0 saturated carbocycles. The molecular weight excluding hydrogens is 398 g/mol. The second-order valence-corrected chi connectivity index (χ2v) is 6.81. The normalized spacial score (nSPS) is 10.8. The molecule has 0 saturated heterocycles. The van der Waals surface area contributed by atoms with E-state index in [1.54, 1.807) is 18.2 Å². The van der Waals surface area contributed by atoms with Crippen LogP contribution in [0.4, 0.5) is 0 Å². The van der Waals surface area contributed by atoms with Crippen LogP contribution in [-0.4, -0.2) is 22.2 Å². The zero-order valence-corrected chi connectivity index (χ0v) is 16.0. The second-order valence-electron chi connectivity index (χ2n) is 5.90. The maximum Gasteiger partial charge on any atom is 0.251 e. The van der Waals surface area contributed by atoms with Gasteiger partial charge in [-0.25, -0.2) is 0 Å². The zero-order valence-electron chi connectivity index (χ0n) is 14.4. The minimum absolute atomic E-state index is 0.0451. The van der Waals surface area contributed by atoms with Crippen LogP contribution in [0, 0.1) is 0 Å². The first-order valence-corrected chi connectivity index (χ1v) is 8.94. The number of halogens is 1. The van der Waals surface area contributed by atoms with Crippen molar-refractivity contribution in [2.75, 3.05) is 0 Å². The van der Waals surface area contributed by atoms with E-state index in [1.807, 2.05) is 44.2 Å². The van der Waals surface area contributed by atoms with E-state index >= 15 is 0 Å². The number of carbonyl (C=O) groups is 1. The minimum Gasteiger partial charge on any atom is -0.491 e. The summed E-state index contributed by atoms with van der Waals surface area (Å²) >= 11 is 3.38. The van der Waals surface area contributed by atoms with Crippen molar-refractivity contribution in [3.8, 4) is 17.1 Å². The van der Waals surface area contributed by atoms with Gasteiger partial charge in [0.25, 0.3) is 5.91 Å². The van der Waals surface area contributed by atoms with Gasteiger partial charge in [-0.3, -0.25) is 4.79 Å². The van der Waals surface area contributed by atoms with E-state index in [4.69, 9.17) is 9.26 Å². The van der Waals surface area contributed by atoms with Gasteiger partial charge in [-0.15, -0.1) is 0 Å². The number of nitrogens with zero attached hydrogens (tertiary/aromatic N) is 2. The first kappa shape index (κ1) is 18.1. The summed E-state index contributed by atoms with van der Waals surface area (Å²) in [5.41, 5.74) is 1.35. The summed E-state index contributed by atoms with van der Waals surface area (Å²) in [7, 11) is 0. The highest BCUT2D eigenvalue weighted by Gasteiger charge is 2.12. The molecule has 0 aliphatic rings. The van der Waals surface area contributed by atoms with Crippen LogP contribution < -0.4 is 10.1 Å². The Labute approximate surface area is 159 Å². The Morgan fingerprint density at radius 2 is 2.00 bits per heavy atom. The summed E-state index contributed by atoms with van der Waals surface area (Å²) in [6, 6.07) is 14.6. The van der Waals surface area contributed by atoms with Crippen LogP contribution in [0.2, 0.25) is 0 Å². The van der Waals surface area contributed by atoms with Gasteiger partial charge in [-0.2, -0.15) is 4.98 Å². The fraction of sp³-hybridized carbons (Fsp3) is 0.211. The Morgan fingerprint density at radius 1 is 1.23 bits per heavy atom. The third-order valence-corrected chi connectivity index (χ3v) is 3.97. The maximum absolute atomic E-state index is 12.3. The van der Waals surface area contributed by atoms with Crippen LogP contribution in [0.1, 0.15) is 30.1 Å². The molecular formula is C19H18BrN3O3. The Bertz CT molecular complexity index is 891. The second kappa shape index (κ2) is 8.14. The van der Waals surface area contributed by atoms with Gasteiger partial charge in [0.05, 0.1) is 12.6 Å². The fourth-order valence-electron chi connectivity index (χ4n) is 2.28. The average Bonchev–Trinajstić information content (AvgIpc) is 3.09. The van der Waals surface area contributed by atoms with Crippen molar-refractivity contribution in [1.29, 1.82) is 0 Å². The molecule has 134 valence electrons. The Kier molecular flexibility index (Phi) is 5.68. The number of carbonyl (C=O) groups excluding carboxylic acids is 1. The highest BCUT2D eigenvalue weighted by atomic mass is 79.9. The van der Waals surface area contributed by atoms with Crippen LogP contribution in [0.3, 0.4) is 0 Å². The Balaban J connectivity index is 1.62. The smallest absolute Gasteiger partial charge is 0.251 e. The molecule has 2 aromatic carbocycles. The lowest BCUT2D eigenvalue weighted by molar-refractivity contribution is 0.0945. The Hall–Kier alpha value is -2.67. The van der Waals surface area contributed by atoms with Gasteiger partial charge >= 0.3 is 0 Å². The molecule has 1 N–H and O–H groups in total. The molecule has 0 spiro atoms. The SMILES string of the molecule is CC(C)Oc1cccc(C(=O)NCc2nc(-c3ccc(Br)cc3)no2)c1. The molecule has 0 fully saturated rings.